The molecule has 5 nitrogen and oxygen atoms in total. The molecule has 0 fully saturated rings. The van der Waals surface area contributed by atoms with Gasteiger partial charge in [-0.3, -0.25) is 9.10 Å². The van der Waals surface area contributed by atoms with Gasteiger partial charge in [0.05, 0.1) is 10.6 Å². The Balaban J connectivity index is 1.64. The predicted octanol–water partition coefficient (Wildman–Crippen LogP) is 6.20. The summed E-state index contributed by atoms with van der Waals surface area (Å²) in [5, 5.41) is 4.41. The van der Waals surface area contributed by atoms with E-state index in [0.29, 0.717) is 38.8 Å². The van der Waals surface area contributed by atoms with Gasteiger partial charge < -0.3 is 5.32 Å². The molecule has 0 saturated heterocycles. The first kappa shape index (κ1) is 26.7. The van der Waals surface area contributed by atoms with Crippen LogP contribution < -0.4 is 9.62 Å². The van der Waals surface area contributed by atoms with Crippen molar-refractivity contribution in [3.8, 4) is 0 Å². The third-order valence-electron chi connectivity index (χ3n) is 4.82. The van der Waals surface area contributed by atoms with Crippen molar-refractivity contribution in [2.24, 2.45) is 0 Å². The summed E-state index contributed by atoms with van der Waals surface area (Å²) in [6, 6.07) is 18.2. The Labute approximate surface area is 219 Å². The molecule has 1 N–H and O–H groups in total. The summed E-state index contributed by atoms with van der Waals surface area (Å²) in [7, 11) is -3.98. The Hall–Kier alpha value is -1.90. The van der Waals surface area contributed by atoms with Crippen LogP contribution in [0.25, 0.3) is 0 Å². The highest BCUT2D eigenvalue weighted by Crippen LogP contribution is 2.26. The maximum Gasteiger partial charge on any atom is 0.264 e. The summed E-state index contributed by atoms with van der Waals surface area (Å²) >= 11 is 19.6. The van der Waals surface area contributed by atoms with Crippen molar-refractivity contribution in [3.05, 3.63) is 92.9 Å². The molecule has 0 aliphatic carbocycles. The van der Waals surface area contributed by atoms with Crippen molar-refractivity contribution in [3.63, 3.8) is 0 Å². The molecule has 0 bridgehead atoms. The molecule has 3 aromatic rings. The van der Waals surface area contributed by atoms with Crippen LogP contribution >= 0.6 is 46.6 Å². The molecule has 0 atom stereocenters. The zero-order valence-electron chi connectivity index (χ0n) is 18.3. The van der Waals surface area contributed by atoms with Gasteiger partial charge in [-0.2, -0.15) is 11.8 Å². The zero-order chi connectivity index (χ0) is 24.7. The first-order chi connectivity index (χ1) is 16.2. The summed E-state index contributed by atoms with van der Waals surface area (Å²) in [5.41, 5.74) is 2.26. The smallest absolute Gasteiger partial charge is 0.264 e. The molecule has 3 aromatic carbocycles. The number of nitrogens with zero attached hydrogens (tertiary/aromatic N) is 1. The van der Waals surface area contributed by atoms with Crippen LogP contribution in [0.1, 0.15) is 11.1 Å². The highest BCUT2D eigenvalue weighted by molar-refractivity contribution is 7.98. The molecule has 1 amide bonds. The second-order valence-electron chi connectivity index (χ2n) is 7.44. The van der Waals surface area contributed by atoms with Gasteiger partial charge in [-0.1, -0.05) is 53.0 Å². The van der Waals surface area contributed by atoms with Crippen LogP contribution in [-0.4, -0.2) is 33.2 Å². The van der Waals surface area contributed by atoms with Crippen molar-refractivity contribution in [2.75, 3.05) is 23.1 Å². The summed E-state index contributed by atoms with van der Waals surface area (Å²) in [6.07, 6.45) is 0. The molecule has 0 unspecified atom stereocenters. The molecule has 0 aliphatic heterocycles. The number of rotatable bonds is 10. The van der Waals surface area contributed by atoms with Gasteiger partial charge in [-0.25, -0.2) is 8.42 Å². The zero-order valence-corrected chi connectivity index (χ0v) is 22.2. The van der Waals surface area contributed by atoms with Crippen LogP contribution in [-0.2, 0) is 20.6 Å². The normalized spacial score (nSPS) is 11.3. The van der Waals surface area contributed by atoms with E-state index in [9.17, 15) is 13.2 Å². The Morgan fingerprint density at radius 1 is 0.971 bits per heavy atom. The van der Waals surface area contributed by atoms with E-state index in [2.05, 4.69) is 5.32 Å². The monoisotopic (exact) mass is 556 g/mol. The van der Waals surface area contributed by atoms with Gasteiger partial charge >= 0.3 is 0 Å². The Morgan fingerprint density at radius 2 is 1.68 bits per heavy atom. The minimum absolute atomic E-state index is 0.0570. The molecule has 34 heavy (non-hydrogen) atoms. The van der Waals surface area contributed by atoms with Crippen molar-refractivity contribution in [1.29, 1.82) is 0 Å². The van der Waals surface area contributed by atoms with Crippen molar-refractivity contribution in [1.82, 2.24) is 5.32 Å². The quantitative estimate of drug-likeness (QED) is 0.301. The molecule has 0 saturated carbocycles. The minimum Gasteiger partial charge on any atom is -0.354 e. The van der Waals surface area contributed by atoms with Crippen LogP contribution in [0.4, 0.5) is 5.69 Å². The van der Waals surface area contributed by atoms with Gasteiger partial charge in [0.15, 0.2) is 0 Å². The van der Waals surface area contributed by atoms with E-state index in [4.69, 9.17) is 34.8 Å². The number of hydrogen-bond donors (Lipinski definition) is 1. The fraction of sp³-hybridized carbons (Fsp3) is 0.208. The average molecular weight is 558 g/mol. The van der Waals surface area contributed by atoms with Crippen LogP contribution in [0.3, 0.4) is 0 Å². The number of benzene rings is 3. The van der Waals surface area contributed by atoms with Gasteiger partial charge in [0.2, 0.25) is 5.91 Å². The number of nitrogens with one attached hydrogen (secondary N) is 1. The van der Waals surface area contributed by atoms with E-state index >= 15 is 0 Å². The molecule has 3 rings (SSSR count). The largest absolute Gasteiger partial charge is 0.354 e. The van der Waals surface area contributed by atoms with E-state index in [1.165, 1.54) is 24.3 Å². The lowest BCUT2D eigenvalue weighted by Crippen LogP contribution is -2.41. The highest BCUT2D eigenvalue weighted by Gasteiger charge is 2.27. The van der Waals surface area contributed by atoms with E-state index in [1.54, 1.807) is 42.1 Å². The number of carbonyl (C=O) groups excluding carboxylic acids is 1. The second-order valence-corrected chi connectivity index (χ2v) is 11.7. The lowest BCUT2D eigenvalue weighted by atomic mass is 10.2. The standard InChI is InChI=1S/C24H23Cl3N2O3S2/c1-17-3-2-4-21(13-17)29(34(31,32)22-9-7-19(25)8-10-22)15-24(30)28-11-12-33-16-18-5-6-20(26)14-23(18)27/h2-10,13-14H,11-12,15-16H2,1H3,(H,28,30). The number of anilines is 1. The number of thioether (sulfide) groups is 1. The number of sulfonamides is 1. The minimum atomic E-state index is -3.98. The number of hydrogen-bond acceptors (Lipinski definition) is 4. The van der Waals surface area contributed by atoms with Crippen LogP contribution in [0.15, 0.2) is 71.6 Å². The molecular formula is C24H23Cl3N2O3S2. The Kier molecular flexibility index (Phi) is 9.56. The average Bonchev–Trinajstić information content (AvgIpc) is 2.78. The third-order valence-corrected chi connectivity index (χ3v) is 8.45. The second kappa shape index (κ2) is 12.2. The molecule has 0 heterocycles. The topological polar surface area (TPSA) is 66.5 Å². The summed E-state index contributed by atoms with van der Waals surface area (Å²) in [6.45, 7) is 1.90. The molecule has 0 radical (unpaired) electrons. The molecule has 0 aromatic heterocycles. The van der Waals surface area contributed by atoms with E-state index < -0.39 is 15.9 Å². The maximum atomic E-state index is 13.4. The molecule has 180 valence electrons. The fourth-order valence-corrected chi connectivity index (χ4v) is 6.06. The third kappa shape index (κ3) is 7.30. The maximum absolute atomic E-state index is 13.4. The molecular weight excluding hydrogens is 535 g/mol. The first-order valence-electron chi connectivity index (χ1n) is 10.3. The summed E-state index contributed by atoms with van der Waals surface area (Å²) in [5.74, 6) is 0.912. The Bertz CT molecular complexity index is 1250. The summed E-state index contributed by atoms with van der Waals surface area (Å²) < 4.78 is 27.8. The lowest BCUT2D eigenvalue weighted by Gasteiger charge is -2.24. The summed E-state index contributed by atoms with van der Waals surface area (Å²) in [4.78, 5) is 12.7. The molecule has 0 spiro atoms. The lowest BCUT2D eigenvalue weighted by molar-refractivity contribution is -0.119. The van der Waals surface area contributed by atoms with Gasteiger partial charge in [-0.15, -0.1) is 0 Å². The van der Waals surface area contributed by atoms with Crippen molar-refractivity contribution >= 4 is 68.2 Å². The van der Waals surface area contributed by atoms with Gasteiger partial charge in [0.1, 0.15) is 6.54 Å². The van der Waals surface area contributed by atoms with Crippen molar-refractivity contribution in [2.45, 2.75) is 17.6 Å². The molecule has 10 heteroatoms. The number of amides is 1. The number of carbonyl (C=O) groups is 1. The highest BCUT2D eigenvalue weighted by atomic mass is 35.5. The van der Waals surface area contributed by atoms with Crippen molar-refractivity contribution < 1.29 is 13.2 Å². The number of aryl methyl sites for hydroxylation is 1. The number of halogens is 3. The fourth-order valence-electron chi connectivity index (χ4n) is 3.10. The van der Waals surface area contributed by atoms with Crippen LogP contribution in [0.2, 0.25) is 15.1 Å². The van der Waals surface area contributed by atoms with E-state index in [-0.39, 0.29) is 11.4 Å². The van der Waals surface area contributed by atoms with Gasteiger partial charge in [0.25, 0.3) is 10.0 Å². The SMILES string of the molecule is Cc1cccc(N(CC(=O)NCCSCc2ccc(Cl)cc2Cl)S(=O)(=O)c2ccc(Cl)cc2)c1. The molecule has 0 aliphatic rings. The van der Waals surface area contributed by atoms with Crippen LogP contribution in [0, 0.1) is 6.92 Å². The van der Waals surface area contributed by atoms with E-state index in [0.717, 1.165) is 15.4 Å². The predicted molar refractivity (Wildman–Crippen MR) is 143 cm³/mol. The van der Waals surface area contributed by atoms with E-state index in [1.807, 2.05) is 19.1 Å². The van der Waals surface area contributed by atoms with Crippen LogP contribution in [0.5, 0.6) is 0 Å². The Morgan fingerprint density at radius 3 is 2.35 bits per heavy atom. The first-order valence-corrected chi connectivity index (χ1v) is 14.0. The van der Waals surface area contributed by atoms with Gasteiger partial charge in [0, 0.05) is 33.1 Å². The van der Waals surface area contributed by atoms with Gasteiger partial charge in [-0.05, 0) is 66.6 Å².